The van der Waals surface area contributed by atoms with E-state index in [0.717, 1.165) is 16.7 Å². The van der Waals surface area contributed by atoms with Gasteiger partial charge in [0.05, 0.1) is 10.5 Å². The maximum atomic E-state index is 12.7. The zero-order valence-corrected chi connectivity index (χ0v) is 15.2. The molecule has 0 aliphatic carbocycles. The number of aromatic nitrogens is 1. The molecule has 0 radical (unpaired) electrons. The van der Waals surface area contributed by atoms with Crippen molar-refractivity contribution in [2.45, 2.75) is 50.2 Å². The van der Waals surface area contributed by atoms with Crippen molar-refractivity contribution in [3.8, 4) is 0 Å². The molecular formula is C16H21F3N4O2S. The van der Waals surface area contributed by atoms with E-state index in [4.69, 9.17) is 0 Å². The van der Waals surface area contributed by atoms with Crippen molar-refractivity contribution in [2.75, 3.05) is 19.6 Å². The molecule has 0 bridgehead atoms. The fraction of sp³-hybridized carbons (Fsp3) is 0.688. The van der Waals surface area contributed by atoms with Crippen molar-refractivity contribution in [1.29, 1.82) is 0 Å². The number of halogens is 3. The molecule has 10 heteroatoms. The van der Waals surface area contributed by atoms with Crippen molar-refractivity contribution in [2.24, 2.45) is 0 Å². The molecule has 1 aromatic rings. The van der Waals surface area contributed by atoms with Crippen LogP contribution in [0.3, 0.4) is 0 Å². The summed E-state index contributed by atoms with van der Waals surface area (Å²) in [7, 11) is 0. The lowest BCUT2D eigenvalue weighted by atomic mass is 9.97. The number of nitrogens with one attached hydrogen (secondary N) is 2. The summed E-state index contributed by atoms with van der Waals surface area (Å²) in [5.74, 6) is -0.0592. The van der Waals surface area contributed by atoms with E-state index in [1.165, 1.54) is 0 Å². The molecule has 26 heavy (non-hydrogen) atoms. The lowest BCUT2D eigenvalue weighted by molar-refractivity contribution is -0.140. The van der Waals surface area contributed by atoms with E-state index in [0.29, 0.717) is 50.3 Å². The minimum absolute atomic E-state index is 0.00997. The number of amides is 3. The Labute approximate surface area is 153 Å². The van der Waals surface area contributed by atoms with E-state index in [1.54, 1.807) is 4.90 Å². The summed E-state index contributed by atoms with van der Waals surface area (Å²) in [6.45, 7) is 3.20. The van der Waals surface area contributed by atoms with Gasteiger partial charge in [-0.25, -0.2) is 9.78 Å². The van der Waals surface area contributed by atoms with Gasteiger partial charge in [0.1, 0.15) is 0 Å². The van der Waals surface area contributed by atoms with E-state index in [-0.39, 0.29) is 17.9 Å². The molecule has 6 nitrogen and oxygen atoms in total. The first kappa shape index (κ1) is 18.9. The third-order valence-corrected chi connectivity index (χ3v) is 5.93. The van der Waals surface area contributed by atoms with Crippen LogP contribution >= 0.6 is 11.3 Å². The third kappa shape index (κ3) is 4.28. The van der Waals surface area contributed by atoms with Gasteiger partial charge < -0.3 is 15.5 Å². The largest absolute Gasteiger partial charge is 0.434 e. The van der Waals surface area contributed by atoms with Crippen molar-refractivity contribution in [1.82, 2.24) is 20.5 Å². The quantitative estimate of drug-likeness (QED) is 0.833. The van der Waals surface area contributed by atoms with Gasteiger partial charge in [-0.1, -0.05) is 0 Å². The van der Waals surface area contributed by atoms with Gasteiger partial charge in [-0.2, -0.15) is 13.2 Å². The SMILES string of the molecule is C[C@]1(CNC(=O)N2CCC(c3nc(C(F)(F)F)cs3)CC2)CCC(=O)N1. The van der Waals surface area contributed by atoms with E-state index < -0.39 is 17.4 Å². The normalized spacial score (nSPS) is 24.6. The molecule has 1 aromatic heterocycles. The molecule has 2 saturated heterocycles. The van der Waals surface area contributed by atoms with Gasteiger partial charge in [-0.05, 0) is 26.2 Å². The number of piperidine rings is 1. The van der Waals surface area contributed by atoms with E-state index in [1.807, 2.05) is 6.92 Å². The summed E-state index contributed by atoms with van der Waals surface area (Å²) in [5.41, 5.74) is -1.26. The fourth-order valence-corrected chi connectivity index (χ4v) is 4.30. The molecular weight excluding hydrogens is 369 g/mol. The van der Waals surface area contributed by atoms with Crippen LogP contribution in [-0.4, -0.2) is 47.0 Å². The minimum atomic E-state index is -4.42. The molecule has 2 aliphatic heterocycles. The Hall–Kier alpha value is -1.84. The highest BCUT2D eigenvalue weighted by atomic mass is 32.1. The highest BCUT2D eigenvalue weighted by molar-refractivity contribution is 7.09. The first-order valence-corrected chi connectivity index (χ1v) is 9.41. The zero-order valence-electron chi connectivity index (χ0n) is 14.4. The molecule has 0 aromatic carbocycles. The summed E-state index contributed by atoms with van der Waals surface area (Å²) >= 11 is 1.03. The van der Waals surface area contributed by atoms with Gasteiger partial charge in [0, 0.05) is 37.4 Å². The summed E-state index contributed by atoms with van der Waals surface area (Å²) in [6.07, 6.45) is -2.09. The Morgan fingerprint density at radius 1 is 1.46 bits per heavy atom. The Morgan fingerprint density at radius 3 is 2.69 bits per heavy atom. The number of alkyl halides is 3. The summed E-state index contributed by atoms with van der Waals surface area (Å²) in [4.78, 5) is 29.0. The van der Waals surface area contributed by atoms with E-state index in [2.05, 4.69) is 15.6 Å². The number of thiazole rings is 1. The Bertz CT molecular complexity index is 685. The van der Waals surface area contributed by atoms with Crippen LogP contribution in [0.4, 0.5) is 18.0 Å². The lowest BCUT2D eigenvalue weighted by Gasteiger charge is -2.32. The molecule has 3 rings (SSSR count). The number of carbonyl (C=O) groups is 2. The van der Waals surface area contributed by atoms with Crippen molar-refractivity contribution < 1.29 is 22.8 Å². The summed E-state index contributed by atoms with van der Waals surface area (Å²) in [5, 5.41) is 7.24. The second kappa shape index (κ2) is 7.05. The molecule has 3 amide bonds. The molecule has 144 valence electrons. The van der Waals surface area contributed by atoms with Crippen LogP contribution in [0.1, 0.15) is 49.2 Å². The van der Waals surface area contributed by atoms with Crippen molar-refractivity contribution in [3.63, 3.8) is 0 Å². The third-order valence-electron chi connectivity index (χ3n) is 4.92. The molecule has 2 aliphatic rings. The highest BCUT2D eigenvalue weighted by Crippen LogP contribution is 2.35. The average molecular weight is 390 g/mol. The maximum absolute atomic E-state index is 12.7. The molecule has 2 N–H and O–H groups in total. The second-order valence-electron chi connectivity index (χ2n) is 7.10. The predicted octanol–water partition coefficient (Wildman–Crippen LogP) is 2.72. The Kier molecular flexibility index (Phi) is 5.14. The highest BCUT2D eigenvalue weighted by Gasteiger charge is 2.36. The zero-order chi connectivity index (χ0) is 18.9. The molecule has 1 atom stereocenters. The molecule has 0 saturated carbocycles. The van der Waals surface area contributed by atoms with Crippen LogP contribution < -0.4 is 10.6 Å². The predicted molar refractivity (Wildman–Crippen MR) is 89.8 cm³/mol. The van der Waals surface area contributed by atoms with Crippen LogP contribution in [0, 0.1) is 0 Å². The topological polar surface area (TPSA) is 74.3 Å². The average Bonchev–Trinajstić information content (AvgIpc) is 3.20. The minimum Gasteiger partial charge on any atom is -0.349 e. The smallest absolute Gasteiger partial charge is 0.349 e. The fourth-order valence-electron chi connectivity index (χ4n) is 3.30. The van der Waals surface area contributed by atoms with Crippen LogP contribution in [0.2, 0.25) is 0 Å². The van der Waals surface area contributed by atoms with Gasteiger partial charge in [0.2, 0.25) is 5.91 Å². The monoisotopic (exact) mass is 390 g/mol. The second-order valence-corrected chi connectivity index (χ2v) is 7.99. The Balaban J connectivity index is 1.48. The molecule has 2 fully saturated rings. The van der Waals surface area contributed by atoms with Crippen LogP contribution in [0.5, 0.6) is 0 Å². The number of hydrogen-bond acceptors (Lipinski definition) is 4. The van der Waals surface area contributed by atoms with E-state index in [9.17, 15) is 22.8 Å². The first-order valence-electron chi connectivity index (χ1n) is 8.53. The van der Waals surface area contributed by atoms with Crippen LogP contribution in [-0.2, 0) is 11.0 Å². The number of urea groups is 1. The van der Waals surface area contributed by atoms with Crippen molar-refractivity contribution >= 4 is 23.3 Å². The van der Waals surface area contributed by atoms with Gasteiger partial charge in [0.25, 0.3) is 0 Å². The van der Waals surface area contributed by atoms with Gasteiger partial charge >= 0.3 is 12.2 Å². The Morgan fingerprint density at radius 2 is 2.15 bits per heavy atom. The number of nitrogens with zero attached hydrogens (tertiary/aromatic N) is 2. The van der Waals surface area contributed by atoms with Gasteiger partial charge in [0.15, 0.2) is 5.69 Å². The number of carbonyl (C=O) groups excluding carboxylic acids is 2. The van der Waals surface area contributed by atoms with Crippen LogP contribution in [0.15, 0.2) is 5.38 Å². The summed E-state index contributed by atoms with van der Waals surface area (Å²) in [6, 6.07) is -0.207. The summed E-state index contributed by atoms with van der Waals surface area (Å²) < 4.78 is 38.0. The standard InChI is InChI=1S/C16H21F3N4O2S/c1-15(5-2-12(24)22-15)9-20-14(25)23-6-3-10(4-7-23)13-21-11(8-26-13)16(17,18)19/h8,10H,2-7,9H2,1H3,(H,20,25)(H,22,24)/t15-/m1/s1. The van der Waals surface area contributed by atoms with Crippen LogP contribution in [0.25, 0.3) is 0 Å². The van der Waals surface area contributed by atoms with Crippen molar-refractivity contribution in [3.05, 3.63) is 16.1 Å². The van der Waals surface area contributed by atoms with E-state index >= 15 is 0 Å². The van der Waals surface area contributed by atoms with Gasteiger partial charge in [-0.15, -0.1) is 11.3 Å². The molecule has 0 spiro atoms. The maximum Gasteiger partial charge on any atom is 0.434 e. The number of rotatable bonds is 3. The lowest BCUT2D eigenvalue weighted by Crippen LogP contribution is -2.52. The van der Waals surface area contributed by atoms with Gasteiger partial charge in [-0.3, -0.25) is 4.79 Å². The first-order chi connectivity index (χ1) is 12.2. The number of hydrogen-bond donors (Lipinski definition) is 2. The molecule has 3 heterocycles. The number of likely N-dealkylation sites (tertiary alicyclic amines) is 1. The molecule has 0 unspecified atom stereocenters.